The van der Waals surface area contributed by atoms with Crippen LogP contribution in [0.2, 0.25) is 0 Å². The molecule has 0 aromatic carbocycles. The van der Waals surface area contributed by atoms with E-state index in [9.17, 15) is 18.4 Å². The van der Waals surface area contributed by atoms with E-state index in [1.807, 2.05) is 0 Å². The van der Waals surface area contributed by atoms with E-state index in [4.69, 9.17) is 0 Å². The van der Waals surface area contributed by atoms with Crippen molar-refractivity contribution in [1.82, 2.24) is 0 Å². The van der Waals surface area contributed by atoms with Crippen LogP contribution in [0.15, 0.2) is 12.5 Å². The topological polar surface area (TPSA) is 52.6 Å². The third-order valence-corrected chi connectivity index (χ3v) is 0.377. The lowest BCUT2D eigenvalue weighted by Crippen LogP contribution is -1.88. The van der Waals surface area contributed by atoms with Gasteiger partial charge in [0, 0.05) is 0 Å². The number of hydrogen-bond acceptors (Lipinski definition) is 4. The van der Waals surface area contributed by atoms with Crippen LogP contribution >= 0.6 is 0 Å². The van der Waals surface area contributed by atoms with Crippen molar-refractivity contribution in [2.24, 2.45) is 0 Å². The highest BCUT2D eigenvalue weighted by molar-refractivity contribution is 5.59. The number of ether oxygens (including phenoxy) is 2. The van der Waals surface area contributed by atoms with Crippen molar-refractivity contribution in [3.8, 4) is 0 Å². The second kappa shape index (κ2) is 4.42. The molecule has 0 heterocycles. The maximum Gasteiger partial charge on any atom is 0.500 e. The Morgan fingerprint density at radius 2 is 1.30 bits per heavy atom. The third kappa shape index (κ3) is 6.54. The summed E-state index contributed by atoms with van der Waals surface area (Å²) in [5.74, 6) is 0. The first-order valence-corrected chi connectivity index (χ1v) is 2.00. The summed E-state index contributed by atoms with van der Waals surface area (Å²) < 4.78 is 29.1. The molecule has 0 aromatic rings. The first-order chi connectivity index (χ1) is 4.63. The van der Waals surface area contributed by atoms with Gasteiger partial charge in [-0.25, -0.2) is 9.59 Å². The summed E-state index contributed by atoms with van der Waals surface area (Å²) in [7, 11) is 0. The van der Waals surface area contributed by atoms with Gasteiger partial charge in [0.05, 0.1) is 0 Å². The summed E-state index contributed by atoms with van der Waals surface area (Å²) in [5.41, 5.74) is 0. The highest BCUT2D eigenvalue weighted by Gasteiger charge is 1.93. The normalized spacial score (nSPS) is 9.40. The van der Waals surface area contributed by atoms with Crippen molar-refractivity contribution in [2.45, 2.75) is 0 Å². The van der Waals surface area contributed by atoms with E-state index in [1.165, 1.54) is 0 Å². The smallest absolute Gasteiger partial charge is 0.406 e. The van der Waals surface area contributed by atoms with E-state index in [-0.39, 0.29) is 0 Å². The Morgan fingerprint density at radius 1 is 1.00 bits per heavy atom. The molecular weight excluding hydrogens is 150 g/mol. The largest absolute Gasteiger partial charge is 0.500 e. The lowest BCUT2D eigenvalue weighted by molar-refractivity contribution is 0.145. The van der Waals surface area contributed by atoms with Crippen molar-refractivity contribution in [2.75, 3.05) is 0 Å². The van der Waals surface area contributed by atoms with Crippen LogP contribution in [-0.4, -0.2) is 12.4 Å². The Kier molecular flexibility index (Phi) is 3.78. The van der Waals surface area contributed by atoms with Crippen LogP contribution in [0.4, 0.5) is 18.4 Å². The molecule has 0 spiro atoms. The minimum atomic E-state index is -2.08. The zero-order chi connectivity index (χ0) is 7.98. The molecule has 0 rings (SSSR count). The molecule has 10 heavy (non-hydrogen) atoms. The highest BCUT2D eigenvalue weighted by atomic mass is 19.2. The molecule has 0 aromatic heterocycles. The van der Waals surface area contributed by atoms with E-state index in [1.54, 1.807) is 0 Å². The molecule has 0 radical (unpaired) electrons. The molecule has 0 aliphatic carbocycles. The predicted molar refractivity (Wildman–Crippen MR) is 24.3 cm³/mol. The second-order valence-electron chi connectivity index (χ2n) is 0.983. The highest BCUT2D eigenvalue weighted by Crippen LogP contribution is 1.87. The summed E-state index contributed by atoms with van der Waals surface area (Å²) in [5, 5.41) is 0. The molecule has 0 unspecified atom stereocenters. The summed E-state index contributed by atoms with van der Waals surface area (Å²) in [6, 6.07) is 0. The van der Waals surface area contributed by atoms with Gasteiger partial charge in [0.25, 0.3) is 0 Å². The predicted octanol–water partition coefficient (Wildman–Crippen LogP) is 1.67. The molecule has 0 saturated heterocycles. The van der Waals surface area contributed by atoms with Crippen LogP contribution in [0, 0.1) is 0 Å². The first kappa shape index (κ1) is 8.54. The van der Waals surface area contributed by atoms with Crippen molar-refractivity contribution >= 4 is 12.4 Å². The Bertz CT molecular complexity index is 147. The maximum absolute atomic E-state index is 11.1. The lowest BCUT2D eigenvalue weighted by Gasteiger charge is -1.86. The van der Waals surface area contributed by atoms with Gasteiger partial charge in [-0.2, -0.15) is 0 Å². The van der Waals surface area contributed by atoms with Crippen molar-refractivity contribution in [3.63, 3.8) is 0 Å². The number of carbonyl (C=O) groups excluding carboxylic acids is 2. The van der Waals surface area contributed by atoms with Crippen LogP contribution in [0.5, 0.6) is 0 Å². The number of carbonyl (C=O) groups is 2. The van der Waals surface area contributed by atoms with Gasteiger partial charge < -0.3 is 9.47 Å². The van der Waals surface area contributed by atoms with Crippen LogP contribution in [0.25, 0.3) is 0 Å². The van der Waals surface area contributed by atoms with E-state index >= 15 is 0 Å². The van der Waals surface area contributed by atoms with Crippen molar-refractivity contribution in [1.29, 1.82) is 0 Å². The average Bonchev–Trinajstić information content (AvgIpc) is 1.79. The molecule has 4 nitrogen and oxygen atoms in total. The van der Waals surface area contributed by atoms with Crippen LogP contribution in [-0.2, 0) is 9.47 Å². The first-order valence-electron chi connectivity index (χ1n) is 2.00. The van der Waals surface area contributed by atoms with E-state index in [0.29, 0.717) is 12.5 Å². The number of rotatable bonds is 2. The Morgan fingerprint density at radius 3 is 1.50 bits per heavy atom. The monoisotopic (exact) mass is 152 g/mol. The number of halogens is 2. The van der Waals surface area contributed by atoms with E-state index in [0.717, 1.165) is 0 Å². The van der Waals surface area contributed by atoms with E-state index < -0.39 is 12.4 Å². The van der Waals surface area contributed by atoms with E-state index in [2.05, 4.69) is 9.47 Å². The molecule has 0 bridgehead atoms. The fraction of sp³-hybridized carbons (Fsp3) is 0. The standard InChI is InChI=1S/C4H2F2O4/c5-3(7)9-1-2-10-4(6)8/h1-2H/b2-1+. The molecular formula is C4H2F2O4. The summed E-state index contributed by atoms with van der Waals surface area (Å²) in [6.45, 7) is 0. The zero-order valence-corrected chi connectivity index (χ0v) is 4.54. The molecule has 0 N–H and O–H groups in total. The molecule has 6 heteroatoms. The van der Waals surface area contributed by atoms with Crippen LogP contribution in [0.1, 0.15) is 0 Å². The molecule has 0 aliphatic heterocycles. The van der Waals surface area contributed by atoms with Gasteiger partial charge in [-0.05, 0) is 0 Å². The summed E-state index contributed by atoms with van der Waals surface area (Å²) in [4.78, 5) is 18.6. The Balaban J connectivity index is 3.38. The third-order valence-electron chi connectivity index (χ3n) is 0.377. The summed E-state index contributed by atoms with van der Waals surface area (Å²) >= 11 is 0. The lowest BCUT2D eigenvalue weighted by atomic mass is 11.0. The average molecular weight is 152 g/mol. The Labute approximate surface area is 54.0 Å². The molecule has 0 aliphatic rings. The summed E-state index contributed by atoms with van der Waals surface area (Å²) in [6.07, 6.45) is -3.38. The molecule has 56 valence electrons. The molecule has 0 fully saturated rings. The second-order valence-corrected chi connectivity index (χ2v) is 0.983. The molecule has 0 saturated carbocycles. The van der Waals surface area contributed by atoms with Gasteiger partial charge in [0.2, 0.25) is 0 Å². The van der Waals surface area contributed by atoms with Gasteiger partial charge in [-0.1, -0.05) is 0 Å². The van der Waals surface area contributed by atoms with Crippen LogP contribution in [0.3, 0.4) is 0 Å². The van der Waals surface area contributed by atoms with Crippen molar-refractivity contribution in [3.05, 3.63) is 12.5 Å². The molecule has 0 amide bonds. The number of hydrogen-bond donors (Lipinski definition) is 0. The molecule has 0 atom stereocenters. The SMILES string of the molecule is O=C(F)O/C=C/OC(=O)F. The van der Waals surface area contributed by atoms with Gasteiger partial charge in [-0.3, -0.25) is 0 Å². The zero-order valence-electron chi connectivity index (χ0n) is 4.54. The van der Waals surface area contributed by atoms with Gasteiger partial charge in [0.15, 0.2) is 0 Å². The quantitative estimate of drug-likeness (QED) is 0.446. The van der Waals surface area contributed by atoms with Gasteiger partial charge >= 0.3 is 12.4 Å². The minimum absolute atomic E-state index is 0.389. The fourth-order valence-electron chi connectivity index (χ4n) is 0.163. The van der Waals surface area contributed by atoms with Crippen LogP contribution < -0.4 is 0 Å². The fourth-order valence-corrected chi connectivity index (χ4v) is 0.163. The maximum atomic E-state index is 11.1. The van der Waals surface area contributed by atoms with Gasteiger partial charge in [0.1, 0.15) is 12.5 Å². The Hall–Kier alpha value is -1.46. The van der Waals surface area contributed by atoms with Crippen molar-refractivity contribution < 1.29 is 27.8 Å². The van der Waals surface area contributed by atoms with Gasteiger partial charge in [-0.15, -0.1) is 8.78 Å². The minimum Gasteiger partial charge on any atom is -0.406 e.